The van der Waals surface area contributed by atoms with Gasteiger partial charge >= 0.3 is 5.97 Å². The van der Waals surface area contributed by atoms with Crippen molar-refractivity contribution in [1.82, 2.24) is 9.97 Å². The summed E-state index contributed by atoms with van der Waals surface area (Å²) in [6, 6.07) is 6.92. The summed E-state index contributed by atoms with van der Waals surface area (Å²) < 4.78 is 5.42. The van der Waals surface area contributed by atoms with Crippen molar-refractivity contribution in [2.24, 2.45) is 0 Å². The summed E-state index contributed by atoms with van der Waals surface area (Å²) in [7, 11) is 0. The number of rotatable bonds is 6. The third-order valence-electron chi connectivity index (χ3n) is 2.63. The molecular formula is C14H13ClN2O3. The molecule has 0 saturated heterocycles. The molecular weight excluding hydrogens is 280 g/mol. The first-order chi connectivity index (χ1) is 9.66. The van der Waals surface area contributed by atoms with E-state index >= 15 is 0 Å². The van der Waals surface area contributed by atoms with Crippen molar-refractivity contribution in [3.8, 4) is 5.88 Å². The molecule has 6 heteroatoms. The third-order valence-corrected chi connectivity index (χ3v) is 2.94. The Bertz CT molecular complexity index is 590. The van der Waals surface area contributed by atoms with Crippen molar-refractivity contribution >= 4 is 17.6 Å². The number of aryl methyl sites for hydroxylation is 1. The monoisotopic (exact) mass is 292 g/mol. The second-order valence-corrected chi connectivity index (χ2v) is 4.50. The predicted octanol–water partition coefficient (Wildman–Crippen LogP) is 2.84. The van der Waals surface area contributed by atoms with Crippen LogP contribution in [0.15, 0.2) is 36.7 Å². The summed E-state index contributed by atoms with van der Waals surface area (Å²) in [4.78, 5) is 18.7. The fourth-order valence-electron chi connectivity index (χ4n) is 1.66. The highest BCUT2D eigenvalue weighted by molar-refractivity contribution is 6.33. The first-order valence-corrected chi connectivity index (χ1v) is 6.46. The first kappa shape index (κ1) is 14.3. The highest BCUT2D eigenvalue weighted by atomic mass is 35.5. The smallest absolute Gasteiger partial charge is 0.356 e. The SMILES string of the molecule is O=C(O)c1nc(OCCCc2ccncc2)ccc1Cl. The van der Waals surface area contributed by atoms with Gasteiger partial charge in [0.15, 0.2) is 5.69 Å². The van der Waals surface area contributed by atoms with Crippen molar-refractivity contribution in [2.45, 2.75) is 12.8 Å². The minimum absolute atomic E-state index is 0.0987. The van der Waals surface area contributed by atoms with E-state index in [9.17, 15) is 4.79 Å². The summed E-state index contributed by atoms with van der Waals surface area (Å²) in [6.07, 6.45) is 5.16. The average Bonchev–Trinajstić information content (AvgIpc) is 2.46. The van der Waals surface area contributed by atoms with Gasteiger partial charge in [0, 0.05) is 18.5 Å². The molecule has 5 nitrogen and oxygen atoms in total. The maximum absolute atomic E-state index is 10.9. The van der Waals surface area contributed by atoms with Crippen molar-refractivity contribution in [2.75, 3.05) is 6.61 Å². The normalized spacial score (nSPS) is 10.2. The van der Waals surface area contributed by atoms with Crippen LogP contribution in [-0.4, -0.2) is 27.7 Å². The van der Waals surface area contributed by atoms with E-state index in [1.807, 2.05) is 12.1 Å². The number of aromatic carboxylic acids is 1. The first-order valence-electron chi connectivity index (χ1n) is 6.08. The molecule has 20 heavy (non-hydrogen) atoms. The molecule has 0 atom stereocenters. The summed E-state index contributed by atoms with van der Waals surface area (Å²) >= 11 is 5.73. The lowest BCUT2D eigenvalue weighted by atomic mass is 10.1. The summed E-state index contributed by atoms with van der Waals surface area (Å²) in [5.74, 6) is -0.904. The molecule has 1 N–H and O–H groups in total. The van der Waals surface area contributed by atoms with Crippen LogP contribution in [0.3, 0.4) is 0 Å². The van der Waals surface area contributed by atoms with Gasteiger partial charge in [-0.1, -0.05) is 11.6 Å². The van der Waals surface area contributed by atoms with Gasteiger partial charge in [0.1, 0.15) is 0 Å². The van der Waals surface area contributed by atoms with Crippen LogP contribution in [-0.2, 0) is 6.42 Å². The van der Waals surface area contributed by atoms with Gasteiger partial charge in [-0.05, 0) is 36.6 Å². The topological polar surface area (TPSA) is 72.3 Å². The Morgan fingerprint density at radius 1 is 1.25 bits per heavy atom. The summed E-state index contributed by atoms with van der Waals surface area (Å²) in [5.41, 5.74) is 0.984. The number of carboxylic acids is 1. The Balaban J connectivity index is 1.85. The van der Waals surface area contributed by atoms with Gasteiger partial charge in [-0.15, -0.1) is 0 Å². The number of ether oxygens (including phenoxy) is 1. The van der Waals surface area contributed by atoms with Crippen LogP contribution in [0.5, 0.6) is 5.88 Å². The number of pyridine rings is 2. The van der Waals surface area contributed by atoms with Gasteiger partial charge in [-0.3, -0.25) is 4.98 Å². The van der Waals surface area contributed by atoms with E-state index in [-0.39, 0.29) is 16.6 Å². The van der Waals surface area contributed by atoms with Crippen LogP contribution in [0.4, 0.5) is 0 Å². The number of carbonyl (C=O) groups is 1. The summed E-state index contributed by atoms with van der Waals surface area (Å²) in [5, 5.41) is 9.00. The fourth-order valence-corrected chi connectivity index (χ4v) is 1.84. The second-order valence-electron chi connectivity index (χ2n) is 4.09. The molecule has 104 valence electrons. The number of halogens is 1. The molecule has 0 aliphatic carbocycles. The molecule has 0 spiro atoms. The van der Waals surface area contributed by atoms with E-state index in [1.165, 1.54) is 11.6 Å². The average molecular weight is 293 g/mol. The molecule has 0 fully saturated rings. The van der Waals surface area contributed by atoms with Gasteiger partial charge in [-0.2, -0.15) is 0 Å². The van der Waals surface area contributed by atoms with Gasteiger partial charge in [-0.25, -0.2) is 9.78 Å². The Kier molecular flexibility index (Phi) is 4.90. The molecule has 0 aliphatic heterocycles. The maximum atomic E-state index is 10.9. The minimum atomic E-state index is -1.17. The van der Waals surface area contributed by atoms with Crippen molar-refractivity contribution in [3.63, 3.8) is 0 Å². The molecule has 2 aromatic heterocycles. The number of hydrogen-bond acceptors (Lipinski definition) is 4. The predicted molar refractivity (Wildman–Crippen MR) is 74.3 cm³/mol. The van der Waals surface area contributed by atoms with Gasteiger partial charge < -0.3 is 9.84 Å². The quantitative estimate of drug-likeness (QED) is 0.829. The number of nitrogens with zero attached hydrogens (tertiary/aromatic N) is 2. The highest BCUT2D eigenvalue weighted by Crippen LogP contribution is 2.18. The highest BCUT2D eigenvalue weighted by Gasteiger charge is 2.11. The van der Waals surface area contributed by atoms with E-state index in [2.05, 4.69) is 9.97 Å². The molecule has 2 aromatic rings. The lowest BCUT2D eigenvalue weighted by molar-refractivity contribution is 0.0689. The second kappa shape index (κ2) is 6.86. The van der Waals surface area contributed by atoms with Crippen LogP contribution >= 0.6 is 11.6 Å². The van der Waals surface area contributed by atoms with Crippen LogP contribution in [0.25, 0.3) is 0 Å². The zero-order valence-electron chi connectivity index (χ0n) is 10.6. The van der Waals surface area contributed by atoms with Gasteiger partial charge in [0.2, 0.25) is 5.88 Å². The van der Waals surface area contributed by atoms with Crippen LogP contribution in [0.1, 0.15) is 22.5 Å². The number of aromatic nitrogens is 2. The van der Waals surface area contributed by atoms with Crippen LogP contribution in [0, 0.1) is 0 Å². The molecule has 2 rings (SSSR count). The molecule has 2 heterocycles. The Labute approximate surface area is 121 Å². The lowest BCUT2D eigenvalue weighted by Gasteiger charge is -2.06. The van der Waals surface area contributed by atoms with E-state index < -0.39 is 5.97 Å². The maximum Gasteiger partial charge on any atom is 0.356 e. The number of hydrogen-bond donors (Lipinski definition) is 1. The van der Waals surface area contributed by atoms with Crippen molar-refractivity contribution in [3.05, 3.63) is 52.9 Å². The third kappa shape index (κ3) is 3.93. The molecule has 0 amide bonds. The van der Waals surface area contributed by atoms with Gasteiger partial charge in [0.25, 0.3) is 0 Å². The van der Waals surface area contributed by atoms with Crippen molar-refractivity contribution in [1.29, 1.82) is 0 Å². The van der Waals surface area contributed by atoms with Crippen molar-refractivity contribution < 1.29 is 14.6 Å². The Morgan fingerprint density at radius 2 is 2.00 bits per heavy atom. The molecule has 0 radical (unpaired) electrons. The van der Waals surface area contributed by atoms with Crippen LogP contribution < -0.4 is 4.74 Å². The molecule has 0 aliphatic rings. The Morgan fingerprint density at radius 3 is 2.70 bits per heavy atom. The zero-order chi connectivity index (χ0) is 14.4. The number of carboxylic acid groups (broad SMARTS) is 1. The Hall–Kier alpha value is -2.14. The molecule has 0 aromatic carbocycles. The summed E-state index contributed by atoms with van der Waals surface area (Å²) in [6.45, 7) is 0.454. The zero-order valence-corrected chi connectivity index (χ0v) is 11.4. The molecule has 0 bridgehead atoms. The van der Waals surface area contributed by atoms with E-state index in [4.69, 9.17) is 21.4 Å². The van der Waals surface area contributed by atoms with Gasteiger partial charge in [0.05, 0.1) is 11.6 Å². The lowest BCUT2D eigenvalue weighted by Crippen LogP contribution is -2.05. The van der Waals surface area contributed by atoms with Crippen LogP contribution in [0.2, 0.25) is 5.02 Å². The fraction of sp³-hybridized carbons (Fsp3) is 0.214. The standard InChI is InChI=1S/C14H13ClN2O3/c15-11-3-4-12(17-13(11)14(18)19)20-9-1-2-10-5-7-16-8-6-10/h3-8H,1-2,9H2,(H,18,19). The minimum Gasteiger partial charge on any atom is -0.478 e. The van der Waals surface area contributed by atoms with E-state index in [0.717, 1.165) is 12.8 Å². The largest absolute Gasteiger partial charge is 0.478 e. The molecule has 0 unspecified atom stereocenters. The molecule has 0 saturated carbocycles. The van der Waals surface area contributed by atoms with E-state index in [0.29, 0.717) is 6.61 Å². The van der Waals surface area contributed by atoms with E-state index in [1.54, 1.807) is 18.5 Å².